The summed E-state index contributed by atoms with van der Waals surface area (Å²) in [7, 11) is 2.06. The minimum atomic E-state index is -0.530. The third kappa shape index (κ3) is 8.74. The van der Waals surface area contributed by atoms with Crippen molar-refractivity contribution < 1.29 is 14.3 Å². The van der Waals surface area contributed by atoms with Crippen molar-refractivity contribution in [1.82, 2.24) is 4.90 Å². The highest BCUT2D eigenvalue weighted by Crippen LogP contribution is 2.20. The van der Waals surface area contributed by atoms with Gasteiger partial charge in [-0.1, -0.05) is 0 Å². The van der Waals surface area contributed by atoms with E-state index < -0.39 is 5.60 Å². The first kappa shape index (κ1) is 21.3. The average molecular weight is 351 g/mol. The summed E-state index contributed by atoms with van der Waals surface area (Å²) in [6.45, 7) is 11.4. The first-order valence-electron chi connectivity index (χ1n) is 8.85. The first-order valence-corrected chi connectivity index (χ1v) is 8.85. The Morgan fingerprint density at radius 3 is 2.32 bits per heavy atom. The predicted octanol–water partition coefficient (Wildman–Crippen LogP) is 3.37. The summed E-state index contributed by atoms with van der Waals surface area (Å²) < 4.78 is 10.9. The molecule has 0 bridgehead atoms. The quantitative estimate of drug-likeness (QED) is 0.546. The van der Waals surface area contributed by atoms with Crippen LogP contribution in [-0.2, 0) is 9.47 Å². The van der Waals surface area contributed by atoms with E-state index in [1.165, 1.54) is 0 Å². The van der Waals surface area contributed by atoms with E-state index >= 15 is 0 Å². The van der Waals surface area contributed by atoms with Gasteiger partial charge in [-0.15, -0.1) is 0 Å². The second-order valence-corrected chi connectivity index (χ2v) is 7.08. The van der Waals surface area contributed by atoms with Gasteiger partial charge in [-0.25, -0.2) is 4.79 Å². The number of hydrogen-bond acceptors (Lipinski definition) is 5. The number of hydrogen-bond donors (Lipinski definition) is 1. The number of anilines is 2. The van der Waals surface area contributed by atoms with Crippen molar-refractivity contribution in [3.63, 3.8) is 0 Å². The number of carbonyl (C=O) groups is 1. The molecule has 6 nitrogen and oxygen atoms in total. The fourth-order valence-electron chi connectivity index (χ4n) is 2.27. The van der Waals surface area contributed by atoms with E-state index in [2.05, 4.69) is 11.9 Å². The molecule has 0 aliphatic heterocycles. The van der Waals surface area contributed by atoms with Crippen molar-refractivity contribution >= 4 is 17.5 Å². The van der Waals surface area contributed by atoms with Crippen LogP contribution in [-0.4, -0.2) is 56.5 Å². The lowest BCUT2D eigenvalue weighted by Crippen LogP contribution is -2.38. The van der Waals surface area contributed by atoms with Gasteiger partial charge < -0.3 is 20.1 Å². The molecular formula is C19H33N3O3. The summed E-state index contributed by atoms with van der Waals surface area (Å²) >= 11 is 0. The van der Waals surface area contributed by atoms with E-state index in [0.717, 1.165) is 38.4 Å². The van der Waals surface area contributed by atoms with E-state index in [9.17, 15) is 4.79 Å². The summed E-state index contributed by atoms with van der Waals surface area (Å²) in [5, 5.41) is 0. The van der Waals surface area contributed by atoms with E-state index in [4.69, 9.17) is 15.2 Å². The Balaban J connectivity index is 2.65. The molecular weight excluding hydrogens is 318 g/mol. The number of ether oxygens (including phenoxy) is 2. The van der Waals surface area contributed by atoms with Crippen molar-refractivity contribution in [1.29, 1.82) is 0 Å². The summed E-state index contributed by atoms with van der Waals surface area (Å²) in [6, 6.07) is 7.28. The summed E-state index contributed by atoms with van der Waals surface area (Å²) in [5.74, 6) is 0. The zero-order chi connectivity index (χ0) is 18.9. The van der Waals surface area contributed by atoms with Gasteiger partial charge in [0.25, 0.3) is 0 Å². The van der Waals surface area contributed by atoms with Crippen molar-refractivity contribution in [3.8, 4) is 0 Å². The Bertz CT molecular complexity index is 512. The molecule has 142 valence electrons. The molecule has 1 aromatic rings. The van der Waals surface area contributed by atoms with Crippen LogP contribution in [0.4, 0.5) is 16.2 Å². The molecule has 0 aromatic heterocycles. The van der Waals surface area contributed by atoms with Gasteiger partial charge in [0, 0.05) is 31.1 Å². The van der Waals surface area contributed by atoms with Gasteiger partial charge in [0.2, 0.25) is 0 Å². The lowest BCUT2D eigenvalue weighted by molar-refractivity contribution is 0.0578. The van der Waals surface area contributed by atoms with Crippen molar-refractivity contribution in [2.45, 2.75) is 39.7 Å². The summed E-state index contributed by atoms with van der Waals surface area (Å²) in [5.41, 5.74) is 6.68. The van der Waals surface area contributed by atoms with Crippen LogP contribution < -0.4 is 10.6 Å². The van der Waals surface area contributed by atoms with Crippen LogP contribution in [0.25, 0.3) is 0 Å². The second-order valence-electron chi connectivity index (χ2n) is 7.08. The zero-order valence-electron chi connectivity index (χ0n) is 16.2. The molecule has 1 aromatic carbocycles. The van der Waals surface area contributed by atoms with E-state index in [0.29, 0.717) is 12.2 Å². The molecule has 0 heterocycles. The third-order valence-electron chi connectivity index (χ3n) is 3.56. The Morgan fingerprint density at radius 1 is 1.12 bits per heavy atom. The molecule has 0 fully saturated rings. The highest BCUT2D eigenvalue weighted by molar-refractivity contribution is 5.88. The number of rotatable bonds is 9. The van der Waals surface area contributed by atoms with Gasteiger partial charge in [0.15, 0.2) is 0 Å². The average Bonchev–Trinajstić information content (AvgIpc) is 2.51. The van der Waals surface area contributed by atoms with E-state index in [1.54, 1.807) is 17.0 Å². The fourth-order valence-corrected chi connectivity index (χ4v) is 2.27. The van der Waals surface area contributed by atoms with Crippen LogP contribution in [0.2, 0.25) is 0 Å². The van der Waals surface area contributed by atoms with Crippen molar-refractivity contribution in [2.24, 2.45) is 0 Å². The third-order valence-corrected chi connectivity index (χ3v) is 3.56. The molecule has 0 atom stereocenters. The molecule has 0 aliphatic carbocycles. The van der Waals surface area contributed by atoms with Gasteiger partial charge in [-0.2, -0.15) is 0 Å². The largest absolute Gasteiger partial charge is 0.443 e. The number of carbonyl (C=O) groups excluding carboxylic acids is 1. The molecule has 1 amide bonds. The maximum absolute atomic E-state index is 12.6. The zero-order valence-corrected chi connectivity index (χ0v) is 16.2. The predicted molar refractivity (Wildman–Crippen MR) is 103 cm³/mol. The Kier molecular flexibility index (Phi) is 8.72. The molecule has 2 N–H and O–H groups in total. The van der Waals surface area contributed by atoms with Crippen LogP contribution in [0.5, 0.6) is 0 Å². The highest BCUT2D eigenvalue weighted by Gasteiger charge is 2.23. The van der Waals surface area contributed by atoms with Crippen molar-refractivity contribution in [2.75, 3.05) is 50.5 Å². The summed E-state index contributed by atoms with van der Waals surface area (Å²) in [6.07, 6.45) is 0.501. The van der Waals surface area contributed by atoms with Crippen LogP contribution in [0.3, 0.4) is 0 Å². The van der Waals surface area contributed by atoms with Gasteiger partial charge in [-0.3, -0.25) is 4.90 Å². The molecule has 1 rings (SSSR count). The monoisotopic (exact) mass is 351 g/mol. The minimum absolute atomic E-state index is 0.339. The van der Waals surface area contributed by atoms with Crippen molar-refractivity contribution in [3.05, 3.63) is 24.3 Å². The summed E-state index contributed by atoms with van der Waals surface area (Å²) in [4.78, 5) is 16.4. The number of nitrogen functional groups attached to an aromatic ring is 1. The fraction of sp³-hybridized carbons (Fsp3) is 0.632. The highest BCUT2D eigenvalue weighted by atomic mass is 16.6. The molecule has 6 heteroatoms. The Hall–Kier alpha value is -1.79. The second kappa shape index (κ2) is 10.3. The van der Waals surface area contributed by atoms with Gasteiger partial charge in [0.05, 0.1) is 6.61 Å². The molecule has 25 heavy (non-hydrogen) atoms. The standard InChI is InChI=1S/C19H33N3O3/c1-6-24-15-14-21(5)12-7-13-22(18(23)25-19(2,3)4)17-10-8-16(20)9-11-17/h8-11H,6-7,12-15,20H2,1-5H3. The van der Waals surface area contributed by atoms with Crippen LogP contribution in [0, 0.1) is 0 Å². The maximum atomic E-state index is 12.6. The molecule has 0 radical (unpaired) electrons. The number of amides is 1. The normalized spacial score (nSPS) is 11.6. The Labute approximate surface area is 151 Å². The topological polar surface area (TPSA) is 68.0 Å². The van der Waals surface area contributed by atoms with E-state index in [-0.39, 0.29) is 6.09 Å². The SMILES string of the molecule is CCOCCN(C)CCCN(C(=O)OC(C)(C)C)c1ccc(N)cc1. The maximum Gasteiger partial charge on any atom is 0.414 e. The number of nitrogens with two attached hydrogens (primary N) is 1. The van der Waals surface area contributed by atoms with E-state index in [1.807, 2.05) is 39.8 Å². The molecule has 0 saturated carbocycles. The lowest BCUT2D eigenvalue weighted by Gasteiger charge is -2.28. The lowest BCUT2D eigenvalue weighted by atomic mass is 10.2. The van der Waals surface area contributed by atoms with Gasteiger partial charge in [0.1, 0.15) is 5.60 Å². The molecule has 0 saturated heterocycles. The van der Waals surface area contributed by atoms with Crippen LogP contribution in [0.1, 0.15) is 34.1 Å². The van der Waals surface area contributed by atoms with Gasteiger partial charge in [-0.05, 0) is 72.0 Å². The number of nitrogens with zero attached hydrogens (tertiary/aromatic N) is 2. The minimum Gasteiger partial charge on any atom is -0.443 e. The van der Waals surface area contributed by atoms with Crippen LogP contribution >= 0.6 is 0 Å². The van der Waals surface area contributed by atoms with Crippen LogP contribution in [0.15, 0.2) is 24.3 Å². The molecule has 0 unspecified atom stereocenters. The number of benzene rings is 1. The Morgan fingerprint density at radius 2 is 1.76 bits per heavy atom. The molecule has 0 aliphatic rings. The van der Waals surface area contributed by atoms with Gasteiger partial charge >= 0.3 is 6.09 Å². The smallest absolute Gasteiger partial charge is 0.414 e. The first-order chi connectivity index (χ1) is 11.7. The molecule has 0 spiro atoms. The number of likely N-dealkylation sites (N-methyl/N-ethyl adjacent to an activating group) is 1.